The SMILES string of the molecule is C[C@H]1CN([C@@H](C)CO)C(=O)Cc2cc(NC(=O)Nc3cccc4ccccc34)ccc2O[C@H]1CN(C)CC1CCCCC1. The zero-order valence-electron chi connectivity index (χ0n) is 25.7. The van der Waals surface area contributed by atoms with Gasteiger partial charge in [0.2, 0.25) is 5.91 Å². The fraction of sp³-hybridized carbons (Fsp3) is 0.486. The van der Waals surface area contributed by atoms with E-state index in [0.717, 1.165) is 41.0 Å². The van der Waals surface area contributed by atoms with Crippen molar-refractivity contribution in [1.82, 2.24) is 9.80 Å². The smallest absolute Gasteiger partial charge is 0.323 e. The van der Waals surface area contributed by atoms with Crippen LogP contribution in [-0.4, -0.2) is 72.3 Å². The van der Waals surface area contributed by atoms with Gasteiger partial charge in [0, 0.05) is 42.2 Å². The molecule has 0 aromatic heterocycles. The maximum atomic E-state index is 13.6. The number of likely N-dealkylation sites (N-methyl/N-ethyl adjacent to an activating group) is 1. The molecule has 3 aromatic rings. The fourth-order valence-corrected chi connectivity index (χ4v) is 6.54. The normalized spacial score (nSPS) is 20.5. The number of nitrogens with one attached hydrogen (secondary N) is 2. The van der Waals surface area contributed by atoms with Crippen molar-refractivity contribution in [3.63, 3.8) is 0 Å². The van der Waals surface area contributed by atoms with E-state index in [4.69, 9.17) is 4.74 Å². The fourth-order valence-electron chi connectivity index (χ4n) is 6.54. The summed E-state index contributed by atoms with van der Waals surface area (Å²) >= 11 is 0. The monoisotopic (exact) mass is 586 g/mol. The Kier molecular flexibility index (Phi) is 10.2. The molecule has 8 nitrogen and oxygen atoms in total. The molecule has 0 saturated heterocycles. The summed E-state index contributed by atoms with van der Waals surface area (Å²) in [6, 6.07) is 18.6. The number of hydrogen-bond acceptors (Lipinski definition) is 5. The van der Waals surface area contributed by atoms with Crippen molar-refractivity contribution in [2.75, 3.05) is 43.9 Å². The van der Waals surface area contributed by atoms with Crippen molar-refractivity contribution >= 4 is 34.1 Å². The van der Waals surface area contributed by atoms with Crippen LogP contribution in [0.3, 0.4) is 0 Å². The third-order valence-electron chi connectivity index (χ3n) is 9.00. The number of aliphatic hydroxyl groups excluding tert-OH is 1. The number of aliphatic hydroxyl groups is 1. The van der Waals surface area contributed by atoms with Crippen LogP contribution in [0.1, 0.15) is 51.5 Å². The van der Waals surface area contributed by atoms with Gasteiger partial charge in [-0.05, 0) is 62.4 Å². The zero-order chi connectivity index (χ0) is 30.3. The Hall–Kier alpha value is -3.62. The molecule has 1 saturated carbocycles. The number of hydrogen-bond donors (Lipinski definition) is 3. The predicted molar refractivity (Wildman–Crippen MR) is 173 cm³/mol. The minimum Gasteiger partial charge on any atom is -0.488 e. The minimum atomic E-state index is -0.363. The third-order valence-corrected chi connectivity index (χ3v) is 9.00. The quantitative estimate of drug-likeness (QED) is 0.295. The van der Waals surface area contributed by atoms with Crippen LogP contribution in [0.15, 0.2) is 60.7 Å². The van der Waals surface area contributed by atoms with E-state index >= 15 is 0 Å². The molecule has 3 amide bonds. The maximum Gasteiger partial charge on any atom is 0.323 e. The Bertz CT molecular complexity index is 1400. The molecule has 3 atom stereocenters. The lowest BCUT2D eigenvalue weighted by atomic mass is 9.89. The molecule has 0 unspecified atom stereocenters. The maximum absolute atomic E-state index is 13.6. The average Bonchev–Trinajstić information content (AvgIpc) is 3.04. The number of benzene rings is 3. The number of nitrogens with zero attached hydrogens (tertiary/aromatic N) is 2. The lowest BCUT2D eigenvalue weighted by Crippen LogP contribution is -2.48. The van der Waals surface area contributed by atoms with Gasteiger partial charge < -0.3 is 30.3 Å². The number of carbonyl (C=O) groups is 2. The van der Waals surface area contributed by atoms with E-state index in [1.54, 1.807) is 4.90 Å². The second kappa shape index (κ2) is 14.2. The molecule has 3 aromatic carbocycles. The van der Waals surface area contributed by atoms with Crippen molar-refractivity contribution in [1.29, 1.82) is 0 Å². The molecule has 1 heterocycles. The highest BCUT2D eigenvalue weighted by atomic mass is 16.5. The molecule has 0 spiro atoms. The first-order valence-electron chi connectivity index (χ1n) is 15.7. The summed E-state index contributed by atoms with van der Waals surface area (Å²) in [5, 5.41) is 17.9. The molecule has 1 fully saturated rings. The van der Waals surface area contributed by atoms with Crippen LogP contribution in [0.4, 0.5) is 16.2 Å². The summed E-state index contributed by atoms with van der Waals surface area (Å²) in [7, 11) is 2.17. The van der Waals surface area contributed by atoms with E-state index in [9.17, 15) is 14.7 Å². The van der Waals surface area contributed by atoms with Gasteiger partial charge in [-0.1, -0.05) is 62.6 Å². The number of fused-ring (bicyclic) bond motifs is 2. The van der Waals surface area contributed by atoms with Crippen LogP contribution in [0.2, 0.25) is 0 Å². The standard InChI is InChI=1S/C35H46N4O4/c1-24-20-39(25(2)23-40)34(41)19-28-18-29(36-35(42)37-31-15-9-13-27-12-7-8-14-30(27)31)16-17-32(28)43-33(24)22-38(3)21-26-10-5-4-6-11-26/h7-9,12-18,24-26,33,40H,4-6,10-11,19-23H2,1-3H3,(H2,36,37,42)/t24-,25-,33-/m0/s1. The highest BCUT2D eigenvalue weighted by molar-refractivity contribution is 6.06. The van der Waals surface area contributed by atoms with E-state index in [-0.39, 0.29) is 43.0 Å². The predicted octanol–water partition coefficient (Wildman–Crippen LogP) is 6.14. The van der Waals surface area contributed by atoms with Gasteiger partial charge in [0.15, 0.2) is 0 Å². The molecule has 0 radical (unpaired) electrons. The molecule has 1 aliphatic heterocycles. The van der Waals surface area contributed by atoms with Crippen molar-refractivity contribution in [3.8, 4) is 5.75 Å². The highest BCUT2D eigenvalue weighted by Gasteiger charge is 2.31. The summed E-state index contributed by atoms with van der Waals surface area (Å²) in [5.74, 6) is 1.38. The van der Waals surface area contributed by atoms with E-state index in [2.05, 4.69) is 29.5 Å². The van der Waals surface area contributed by atoms with Gasteiger partial charge >= 0.3 is 6.03 Å². The molecule has 8 heteroatoms. The highest BCUT2D eigenvalue weighted by Crippen LogP contribution is 2.30. The number of urea groups is 1. The number of ether oxygens (including phenoxy) is 1. The van der Waals surface area contributed by atoms with Gasteiger partial charge in [-0.15, -0.1) is 0 Å². The largest absolute Gasteiger partial charge is 0.488 e. The molecule has 2 aliphatic rings. The van der Waals surface area contributed by atoms with Gasteiger partial charge in [-0.25, -0.2) is 4.79 Å². The first-order valence-corrected chi connectivity index (χ1v) is 15.7. The van der Waals surface area contributed by atoms with Crippen molar-refractivity contribution in [3.05, 3.63) is 66.2 Å². The average molecular weight is 587 g/mol. The van der Waals surface area contributed by atoms with E-state index in [1.165, 1.54) is 32.1 Å². The Morgan fingerprint density at radius 3 is 2.60 bits per heavy atom. The Morgan fingerprint density at radius 2 is 1.81 bits per heavy atom. The number of amides is 3. The van der Waals surface area contributed by atoms with Crippen LogP contribution >= 0.6 is 0 Å². The number of anilines is 2. The van der Waals surface area contributed by atoms with Gasteiger partial charge in [-0.2, -0.15) is 0 Å². The lowest BCUT2D eigenvalue weighted by molar-refractivity contribution is -0.134. The second-order valence-electron chi connectivity index (χ2n) is 12.5. The van der Waals surface area contributed by atoms with Gasteiger partial charge in [-0.3, -0.25) is 4.79 Å². The molecule has 43 heavy (non-hydrogen) atoms. The molecule has 230 valence electrons. The van der Waals surface area contributed by atoms with Crippen molar-refractivity contribution in [2.45, 2.75) is 64.5 Å². The zero-order valence-corrected chi connectivity index (χ0v) is 25.7. The molecule has 0 bridgehead atoms. The summed E-state index contributed by atoms with van der Waals surface area (Å²) in [4.78, 5) is 30.8. The third kappa shape index (κ3) is 7.86. The summed E-state index contributed by atoms with van der Waals surface area (Å²) in [6.07, 6.45) is 6.53. The molecule has 3 N–H and O–H groups in total. The van der Waals surface area contributed by atoms with Crippen LogP contribution in [0.25, 0.3) is 10.8 Å². The van der Waals surface area contributed by atoms with Gasteiger partial charge in [0.1, 0.15) is 11.9 Å². The summed E-state index contributed by atoms with van der Waals surface area (Å²) < 4.78 is 6.69. The topological polar surface area (TPSA) is 94.1 Å². The first kappa shape index (κ1) is 30.8. The number of carbonyl (C=O) groups excluding carboxylic acids is 2. The van der Waals surface area contributed by atoms with Crippen molar-refractivity contribution in [2.24, 2.45) is 11.8 Å². The molecular weight excluding hydrogens is 540 g/mol. The van der Waals surface area contributed by atoms with Crippen LogP contribution < -0.4 is 15.4 Å². The van der Waals surface area contributed by atoms with E-state index < -0.39 is 0 Å². The van der Waals surface area contributed by atoms with Gasteiger partial charge in [0.05, 0.1) is 24.8 Å². The Morgan fingerprint density at radius 1 is 1.05 bits per heavy atom. The van der Waals surface area contributed by atoms with Crippen LogP contribution in [-0.2, 0) is 11.2 Å². The van der Waals surface area contributed by atoms with E-state index in [1.807, 2.05) is 67.6 Å². The van der Waals surface area contributed by atoms with E-state index in [0.29, 0.717) is 18.0 Å². The Balaban J connectivity index is 1.35. The minimum absolute atomic E-state index is 0.0574. The first-order chi connectivity index (χ1) is 20.8. The van der Waals surface area contributed by atoms with Gasteiger partial charge in [0.25, 0.3) is 0 Å². The van der Waals surface area contributed by atoms with Crippen LogP contribution in [0.5, 0.6) is 5.75 Å². The lowest BCUT2D eigenvalue weighted by Gasteiger charge is -2.35. The molecule has 1 aliphatic carbocycles. The summed E-state index contributed by atoms with van der Waals surface area (Å²) in [5.41, 5.74) is 2.02. The summed E-state index contributed by atoms with van der Waals surface area (Å²) in [6.45, 7) is 6.21. The Labute approximate surface area is 255 Å². The number of rotatable bonds is 8. The van der Waals surface area contributed by atoms with Crippen LogP contribution in [0, 0.1) is 11.8 Å². The second-order valence-corrected chi connectivity index (χ2v) is 12.5. The molecule has 5 rings (SSSR count). The van der Waals surface area contributed by atoms with Crippen molar-refractivity contribution < 1.29 is 19.4 Å². The molecular formula is C35H46N4O4.